The molecule has 8 heteroatoms. The van der Waals surface area contributed by atoms with E-state index >= 15 is 0 Å². The second-order valence-corrected chi connectivity index (χ2v) is 8.45. The van der Waals surface area contributed by atoms with Crippen LogP contribution in [0.5, 0.6) is 11.6 Å². The first kappa shape index (κ1) is 24.1. The van der Waals surface area contributed by atoms with E-state index in [4.69, 9.17) is 9.47 Å². The highest BCUT2D eigenvalue weighted by molar-refractivity contribution is 5.99. The predicted molar refractivity (Wildman–Crippen MR) is 137 cm³/mol. The minimum absolute atomic E-state index is 0.0911. The van der Waals surface area contributed by atoms with E-state index in [0.29, 0.717) is 23.7 Å². The van der Waals surface area contributed by atoms with Crippen molar-refractivity contribution in [3.8, 4) is 33.9 Å². The summed E-state index contributed by atoms with van der Waals surface area (Å²) in [5.41, 5.74) is 6.06. The zero-order chi connectivity index (χ0) is 24.9. The minimum atomic E-state index is -0.0911. The molecule has 0 aliphatic rings. The SMILES string of the molecule is COc1cc(-c2cc(-c3ccc(C(=O)NCCN(C)C)cc3)c3ncnc(C)c3c2)cnc1OC. The van der Waals surface area contributed by atoms with E-state index < -0.39 is 0 Å². The van der Waals surface area contributed by atoms with Crippen LogP contribution in [0.15, 0.2) is 55.0 Å². The topological polar surface area (TPSA) is 89.5 Å². The number of hydrogen-bond donors (Lipinski definition) is 1. The number of nitrogens with one attached hydrogen (secondary N) is 1. The number of amides is 1. The van der Waals surface area contributed by atoms with Crippen LogP contribution in [-0.4, -0.2) is 67.2 Å². The van der Waals surface area contributed by atoms with Crippen molar-refractivity contribution in [1.82, 2.24) is 25.2 Å². The van der Waals surface area contributed by atoms with Crippen LogP contribution in [0, 0.1) is 6.92 Å². The van der Waals surface area contributed by atoms with Gasteiger partial charge >= 0.3 is 0 Å². The van der Waals surface area contributed by atoms with Gasteiger partial charge in [-0.2, -0.15) is 0 Å². The van der Waals surface area contributed by atoms with Crippen molar-refractivity contribution in [2.45, 2.75) is 6.92 Å². The fourth-order valence-electron chi connectivity index (χ4n) is 3.86. The lowest BCUT2D eigenvalue weighted by atomic mass is 9.95. The summed E-state index contributed by atoms with van der Waals surface area (Å²) in [6.45, 7) is 3.34. The number of likely N-dealkylation sites (N-methyl/N-ethyl adjacent to an activating group) is 1. The summed E-state index contributed by atoms with van der Waals surface area (Å²) in [6.07, 6.45) is 3.33. The molecule has 180 valence electrons. The number of benzene rings is 2. The van der Waals surface area contributed by atoms with Gasteiger partial charge in [-0.3, -0.25) is 4.79 Å². The summed E-state index contributed by atoms with van der Waals surface area (Å²) in [6, 6.07) is 13.6. The van der Waals surface area contributed by atoms with Gasteiger partial charge in [0.1, 0.15) is 6.33 Å². The summed E-state index contributed by atoms with van der Waals surface area (Å²) in [7, 11) is 7.10. The Balaban J connectivity index is 1.75. The molecule has 8 nitrogen and oxygen atoms in total. The number of aromatic nitrogens is 3. The molecule has 4 rings (SSSR count). The van der Waals surface area contributed by atoms with Crippen LogP contribution >= 0.6 is 0 Å². The quantitative estimate of drug-likeness (QED) is 0.416. The number of carbonyl (C=O) groups excluding carboxylic acids is 1. The lowest BCUT2D eigenvalue weighted by molar-refractivity contribution is 0.0951. The van der Waals surface area contributed by atoms with E-state index in [-0.39, 0.29) is 5.91 Å². The highest BCUT2D eigenvalue weighted by Crippen LogP contribution is 2.36. The number of rotatable bonds is 8. The Bertz CT molecular complexity index is 1350. The van der Waals surface area contributed by atoms with Gasteiger partial charge in [-0.05, 0) is 62.5 Å². The summed E-state index contributed by atoms with van der Waals surface area (Å²) < 4.78 is 10.7. The Morgan fingerprint density at radius 2 is 1.71 bits per heavy atom. The first-order valence-corrected chi connectivity index (χ1v) is 11.3. The standard InChI is InChI=1S/C27H29N5O3/c1-17-22-12-20(21-14-24(34-4)27(35-5)29-15-21)13-23(25(22)31-16-30-17)18-6-8-19(9-7-18)26(33)28-10-11-32(2)3/h6-9,12-16H,10-11H2,1-5H3,(H,28,33). The Hall–Kier alpha value is -4.04. The monoisotopic (exact) mass is 471 g/mol. The molecule has 2 aromatic carbocycles. The van der Waals surface area contributed by atoms with Crippen LogP contribution in [0.25, 0.3) is 33.2 Å². The van der Waals surface area contributed by atoms with Crippen LogP contribution in [0.1, 0.15) is 16.1 Å². The summed E-state index contributed by atoms with van der Waals surface area (Å²) in [5.74, 6) is 0.889. The number of hydrogen-bond acceptors (Lipinski definition) is 7. The van der Waals surface area contributed by atoms with Crippen LogP contribution in [0.3, 0.4) is 0 Å². The van der Waals surface area contributed by atoms with Crippen molar-refractivity contribution in [3.63, 3.8) is 0 Å². The molecule has 35 heavy (non-hydrogen) atoms. The molecule has 1 N–H and O–H groups in total. The van der Waals surface area contributed by atoms with Gasteiger partial charge < -0.3 is 19.7 Å². The van der Waals surface area contributed by atoms with E-state index in [0.717, 1.165) is 45.4 Å². The molecule has 0 unspecified atom stereocenters. The van der Waals surface area contributed by atoms with Crippen molar-refractivity contribution in [3.05, 3.63) is 66.2 Å². The number of nitrogens with zero attached hydrogens (tertiary/aromatic N) is 4. The maximum absolute atomic E-state index is 12.5. The smallest absolute Gasteiger partial charge is 0.256 e. The van der Waals surface area contributed by atoms with Gasteiger partial charge in [0.15, 0.2) is 5.75 Å². The van der Waals surface area contributed by atoms with Crippen molar-refractivity contribution < 1.29 is 14.3 Å². The molecule has 0 saturated heterocycles. The van der Waals surface area contributed by atoms with Gasteiger partial charge in [-0.1, -0.05) is 12.1 Å². The zero-order valence-electron chi connectivity index (χ0n) is 20.6. The second kappa shape index (κ2) is 10.5. The second-order valence-electron chi connectivity index (χ2n) is 8.45. The molecule has 0 saturated carbocycles. The van der Waals surface area contributed by atoms with Gasteiger partial charge in [0, 0.05) is 47.1 Å². The van der Waals surface area contributed by atoms with Gasteiger partial charge in [-0.15, -0.1) is 0 Å². The van der Waals surface area contributed by atoms with E-state index in [1.54, 1.807) is 26.7 Å². The molecular formula is C27H29N5O3. The average molecular weight is 472 g/mol. The average Bonchev–Trinajstić information content (AvgIpc) is 2.88. The van der Waals surface area contributed by atoms with Gasteiger partial charge in [0.25, 0.3) is 11.8 Å². The van der Waals surface area contributed by atoms with Crippen molar-refractivity contribution in [2.75, 3.05) is 41.4 Å². The number of ether oxygens (including phenoxy) is 2. The summed E-state index contributed by atoms with van der Waals surface area (Å²) >= 11 is 0. The van der Waals surface area contributed by atoms with E-state index in [9.17, 15) is 4.79 Å². The minimum Gasteiger partial charge on any atom is -0.491 e. The Kier molecular flexibility index (Phi) is 7.22. The molecule has 0 atom stereocenters. The third kappa shape index (κ3) is 5.22. The molecule has 0 radical (unpaired) electrons. The van der Waals surface area contributed by atoms with Crippen molar-refractivity contribution >= 4 is 16.8 Å². The number of aryl methyl sites for hydroxylation is 1. The summed E-state index contributed by atoms with van der Waals surface area (Å²) in [4.78, 5) is 27.9. The van der Waals surface area contributed by atoms with Crippen LogP contribution in [-0.2, 0) is 0 Å². The van der Waals surface area contributed by atoms with Crippen LogP contribution in [0.2, 0.25) is 0 Å². The number of pyridine rings is 1. The first-order chi connectivity index (χ1) is 16.9. The maximum Gasteiger partial charge on any atom is 0.256 e. The molecule has 4 aromatic rings. The molecule has 2 aromatic heterocycles. The van der Waals surface area contributed by atoms with Crippen LogP contribution < -0.4 is 14.8 Å². The van der Waals surface area contributed by atoms with Gasteiger partial charge in [-0.25, -0.2) is 15.0 Å². The molecule has 0 bridgehead atoms. The highest BCUT2D eigenvalue weighted by Gasteiger charge is 2.14. The lowest BCUT2D eigenvalue weighted by Gasteiger charge is -2.13. The van der Waals surface area contributed by atoms with Crippen molar-refractivity contribution in [2.24, 2.45) is 0 Å². The first-order valence-electron chi connectivity index (χ1n) is 11.3. The molecule has 0 spiro atoms. The van der Waals surface area contributed by atoms with Gasteiger partial charge in [0.2, 0.25) is 0 Å². The van der Waals surface area contributed by atoms with E-state index in [1.807, 2.05) is 56.3 Å². The zero-order valence-corrected chi connectivity index (χ0v) is 20.6. The van der Waals surface area contributed by atoms with E-state index in [2.05, 4.69) is 32.4 Å². The highest BCUT2D eigenvalue weighted by atomic mass is 16.5. The maximum atomic E-state index is 12.5. The van der Waals surface area contributed by atoms with Gasteiger partial charge in [0.05, 0.1) is 19.7 Å². The lowest BCUT2D eigenvalue weighted by Crippen LogP contribution is -2.31. The molecule has 0 aliphatic heterocycles. The third-order valence-electron chi connectivity index (χ3n) is 5.81. The number of carbonyl (C=O) groups is 1. The molecule has 0 fully saturated rings. The molecule has 1 amide bonds. The normalized spacial score (nSPS) is 11.0. The Morgan fingerprint density at radius 1 is 0.943 bits per heavy atom. The van der Waals surface area contributed by atoms with E-state index in [1.165, 1.54) is 0 Å². The molecular weight excluding hydrogens is 442 g/mol. The predicted octanol–water partition coefficient (Wildman–Crippen LogP) is 3.98. The molecule has 2 heterocycles. The molecule has 0 aliphatic carbocycles. The Morgan fingerprint density at radius 3 is 2.40 bits per heavy atom. The van der Waals surface area contributed by atoms with Crippen molar-refractivity contribution in [1.29, 1.82) is 0 Å². The third-order valence-corrected chi connectivity index (χ3v) is 5.81. The Labute approximate surface area is 205 Å². The fourth-order valence-corrected chi connectivity index (χ4v) is 3.86. The summed E-state index contributed by atoms with van der Waals surface area (Å²) in [5, 5.41) is 3.89. The largest absolute Gasteiger partial charge is 0.491 e. The fraction of sp³-hybridized carbons (Fsp3) is 0.259. The number of fused-ring (bicyclic) bond motifs is 1. The van der Waals surface area contributed by atoms with Crippen LogP contribution in [0.4, 0.5) is 0 Å². The number of methoxy groups -OCH3 is 2.